The molecule has 0 unspecified atom stereocenters. The number of aromatic nitrogens is 2. The first kappa shape index (κ1) is 20.0. The van der Waals surface area contributed by atoms with E-state index in [4.69, 9.17) is 15.5 Å². The van der Waals surface area contributed by atoms with E-state index >= 15 is 0 Å². The van der Waals surface area contributed by atoms with Crippen LogP contribution in [0.2, 0.25) is 0 Å². The van der Waals surface area contributed by atoms with Gasteiger partial charge in [-0.3, -0.25) is 9.78 Å². The number of carbonyl (C=O) groups is 1. The molecule has 7 nitrogen and oxygen atoms in total. The molecule has 0 aliphatic carbocycles. The third-order valence-electron chi connectivity index (χ3n) is 5.58. The highest BCUT2D eigenvalue weighted by molar-refractivity contribution is 6.01. The number of amides is 1. The minimum atomic E-state index is -0.495. The molecule has 1 fully saturated rings. The minimum absolute atomic E-state index is 0.409. The topological polar surface area (TPSA) is 93.4 Å². The lowest BCUT2D eigenvalue weighted by Crippen LogP contribution is -2.36. The number of pyridine rings is 2. The number of nitrogens with two attached hydrogens (primary N) is 1. The number of nitrogens with zero attached hydrogens (tertiary/aromatic N) is 3. The van der Waals surface area contributed by atoms with Crippen LogP contribution in [0.15, 0.2) is 72.9 Å². The standard InChI is InChI=1S/C25H23N5O2/c26-24(31)19-4-1-2-6-21(19)28-25-20-5-3-11-27-23(20)16-22(29-25)17-7-9-18(10-8-17)30-12-14-32-15-13-30/h1-11,16H,12-15H2,(H2,26,31)(H,28,29). The lowest BCUT2D eigenvalue weighted by Gasteiger charge is -2.28. The van der Waals surface area contributed by atoms with Crippen LogP contribution in [0.25, 0.3) is 22.2 Å². The van der Waals surface area contributed by atoms with Crippen molar-refractivity contribution < 1.29 is 9.53 Å². The SMILES string of the molecule is NC(=O)c1ccccc1Nc1nc(-c2ccc(N3CCOCC3)cc2)cc2ncccc12. The summed E-state index contributed by atoms with van der Waals surface area (Å²) in [6.07, 6.45) is 1.76. The monoisotopic (exact) mass is 425 g/mol. The second-order valence-electron chi connectivity index (χ2n) is 7.61. The number of rotatable bonds is 5. The van der Waals surface area contributed by atoms with E-state index in [9.17, 15) is 4.79 Å². The van der Waals surface area contributed by atoms with E-state index < -0.39 is 5.91 Å². The summed E-state index contributed by atoms with van der Waals surface area (Å²) in [6, 6.07) is 21.3. The molecule has 7 heteroatoms. The zero-order chi connectivity index (χ0) is 21.9. The van der Waals surface area contributed by atoms with Crippen LogP contribution < -0.4 is 16.0 Å². The summed E-state index contributed by atoms with van der Waals surface area (Å²) >= 11 is 0. The predicted octanol–water partition coefficient (Wildman–Crippen LogP) is 3.98. The van der Waals surface area contributed by atoms with Crippen molar-refractivity contribution in [1.82, 2.24) is 9.97 Å². The number of morpholine rings is 1. The van der Waals surface area contributed by atoms with Gasteiger partial charge in [-0.1, -0.05) is 24.3 Å². The van der Waals surface area contributed by atoms with E-state index in [0.29, 0.717) is 17.1 Å². The van der Waals surface area contributed by atoms with Crippen LogP contribution in [0.3, 0.4) is 0 Å². The van der Waals surface area contributed by atoms with Crippen molar-refractivity contribution in [2.45, 2.75) is 0 Å². The zero-order valence-corrected chi connectivity index (χ0v) is 17.5. The van der Waals surface area contributed by atoms with E-state index in [1.807, 2.05) is 30.3 Å². The van der Waals surface area contributed by atoms with Crippen molar-refractivity contribution in [2.75, 3.05) is 36.5 Å². The van der Waals surface area contributed by atoms with Crippen molar-refractivity contribution in [3.63, 3.8) is 0 Å². The zero-order valence-electron chi connectivity index (χ0n) is 17.5. The smallest absolute Gasteiger partial charge is 0.250 e. The maximum absolute atomic E-state index is 11.9. The van der Waals surface area contributed by atoms with Crippen LogP contribution in [0.1, 0.15) is 10.4 Å². The number of carbonyl (C=O) groups excluding carboxylic acids is 1. The van der Waals surface area contributed by atoms with Crippen LogP contribution in [0, 0.1) is 0 Å². The molecule has 1 amide bonds. The van der Waals surface area contributed by atoms with Crippen molar-refractivity contribution in [1.29, 1.82) is 0 Å². The Morgan fingerprint density at radius 1 is 1.00 bits per heavy atom. The molecule has 3 N–H and O–H groups in total. The number of ether oxygens (including phenoxy) is 1. The molecular formula is C25H23N5O2. The lowest BCUT2D eigenvalue weighted by atomic mass is 10.1. The number of para-hydroxylation sites is 1. The van der Waals surface area contributed by atoms with Crippen molar-refractivity contribution in [3.05, 3.63) is 78.5 Å². The molecule has 0 radical (unpaired) electrons. The third kappa shape index (κ3) is 3.98. The van der Waals surface area contributed by atoms with Gasteiger partial charge >= 0.3 is 0 Å². The summed E-state index contributed by atoms with van der Waals surface area (Å²) in [4.78, 5) is 23.6. The van der Waals surface area contributed by atoms with Gasteiger partial charge in [0.15, 0.2) is 0 Å². The highest BCUT2D eigenvalue weighted by atomic mass is 16.5. The number of nitrogens with one attached hydrogen (secondary N) is 1. The molecule has 1 saturated heterocycles. The molecule has 1 aliphatic rings. The number of benzene rings is 2. The molecule has 2 aromatic carbocycles. The Morgan fingerprint density at radius 2 is 1.78 bits per heavy atom. The largest absolute Gasteiger partial charge is 0.378 e. The molecule has 5 rings (SSSR count). The Morgan fingerprint density at radius 3 is 2.56 bits per heavy atom. The third-order valence-corrected chi connectivity index (χ3v) is 5.58. The highest BCUT2D eigenvalue weighted by Crippen LogP contribution is 2.30. The normalized spacial score (nSPS) is 13.8. The quantitative estimate of drug-likeness (QED) is 0.502. The maximum Gasteiger partial charge on any atom is 0.250 e. The Labute approximate surface area is 185 Å². The molecule has 160 valence electrons. The van der Waals surface area contributed by atoms with Crippen LogP contribution in [0.4, 0.5) is 17.2 Å². The van der Waals surface area contributed by atoms with Crippen LogP contribution in [-0.2, 0) is 4.74 Å². The Balaban J connectivity index is 1.53. The molecular weight excluding hydrogens is 402 g/mol. The van der Waals surface area contributed by atoms with E-state index in [1.165, 1.54) is 5.69 Å². The number of primary amides is 1. The number of anilines is 3. The van der Waals surface area contributed by atoms with Gasteiger partial charge in [0, 0.05) is 35.9 Å². The second-order valence-corrected chi connectivity index (χ2v) is 7.61. The van der Waals surface area contributed by atoms with Gasteiger partial charge in [-0.25, -0.2) is 4.98 Å². The fourth-order valence-electron chi connectivity index (χ4n) is 3.92. The van der Waals surface area contributed by atoms with Gasteiger partial charge in [0.2, 0.25) is 0 Å². The van der Waals surface area contributed by atoms with E-state index in [-0.39, 0.29) is 0 Å². The van der Waals surface area contributed by atoms with Gasteiger partial charge in [-0.15, -0.1) is 0 Å². The average Bonchev–Trinajstić information content (AvgIpc) is 2.85. The average molecular weight is 425 g/mol. The molecule has 3 heterocycles. The van der Waals surface area contributed by atoms with Crippen molar-refractivity contribution in [2.24, 2.45) is 5.73 Å². The van der Waals surface area contributed by atoms with E-state index in [1.54, 1.807) is 18.3 Å². The highest BCUT2D eigenvalue weighted by Gasteiger charge is 2.14. The summed E-state index contributed by atoms with van der Waals surface area (Å²) in [5, 5.41) is 4.16. The molecule has 0 saturated carbocycles. The van der Waals surface area contributed by atoms with Crippen molar-refractivity contribution >= 4 is 34.0 Å². The minimum Gasteiger partial charge on any atom is -0.378 e. The van der Waals surface area contributed by atoms with Crippen LogP contribution in [0.5, 0.6) is 0 Å². The van der Waals surface area contributed by atoms with Crippen molar-refractivity contribution in [3.8, 4) is 11.3 Å². The van der Waals surface area contributed by atoms with E-state index in [2.05, 4.69) is 39.5 Å². The summed E-state index contributed by atoms with van der Waals surface area (Å²) < 4.78 is 5.45. The fraction of sp³-hybridized carbons (Fsp3) is 0.160. The molecule has 32 heavy (non-hydrogen) atoms. The van der Waals surface area contributed by atoms with Gasteiger partial charge < -0.3 is 20.7 Å². The van der Waals surface area contributed by atoms with Gasteiger partial charge in [-0.05, 0) is 42.5 Å². The molecule has 0 spiro atoms. The fourth-order valence-corrected chi connectivity index (χ4v) is 3.92. The van der Waals surface area contributed by atoms with Crippen LogP contribution in [-0.4, -0.2) is 42.2 Å². The predicted molar refractivity (Wildman–Crippen MR) is 126 cm³/mol. The van der Waals surface area contributed by atoms with Gasteiger partial charge in [0.1, 0.15) is 5.82 Å². The Bertz CT molecular complexity index is 1270. The number of hydrogen-bond donors (Lipinski definition) is 2. The first-order chi connectivity index (χ1) is 15.7. The molecule has 0 atom stereocenters. The first-order valence-electron chi connectivity index (χ1n) is 10.5. The molecule has 0 bridgehead atoms. The second kappa shape index (κ2) is 8.64. The summed E-state index contributed by atoms with van der Waals surface area (Å²) in [7, 11) is 0. The Kier molecular flexibility index (Phi) is 5.39. The number of fused-ring (bicyclic) bond motifs is 1. The number of hydrogen-bond acceptors (Lipinski definition) is 6. The van der Waals surface area contributed by atoms with Gasteiger partial charge in [0.05, 0.1) is 35.7 Å². The van der Waals surface area contributed by atoms with Gasteiger partial charge in [-0.2, -0.15) is 0 Å². The van der Waals surface area contributed by atoms with E-state index in [0.717, 1.165) is 48.5 Å². The lowest BCUT2D eigenvalue weighted by molar-refractivity contribution is 0.100. The summed E-state index contributed by atoms with van der Waals surface area (Å²) in [5.41, 5.74) is 10.3. The molecule has 2 aromatic heterocycles. The van der Waals surface area contributed by atoms with Gasteiger partial charge in [0.25, 0.3) is 5.91 Å². The maximum atomic E-state index is 11.9. The van der Waals surface area contributed by atoms with Crippen LogP contribution >= 0.6 is 0 Å². The Hall–Kier alpha value is -3.97. The molecule has 4 aromatic rings. The first-order valence-corrected chi connectivity index (χ1v) is 10.5. The summed E-state index contributed by atoms with van der Waals surface area (Å²) in [5.74, 6) is 0.127. The molecule has 1 aliphatic heterocycles. The summed E-state index contributed by atoms with van der Waals surface area (Å²) in [6.45, 7) is 3.29.